The van der Waals surface area contributed by atoms with E-state index in [1.54, 1.807) is 24.4 Å². The summed E-state index contributed by atoms with van der Waals surface area (Å²) in [6.07, 6.45) is 7.98. The van der Waals surface area contributed by atoms with Crippen LogP contribution in [0.25, 0.3) is 33.1 Å². The Morgan fingerprint density at radius 1 is 1.05 bits per heavy atom. The molecule has 10 rings (SSSR count). The lowest BCUT2D eigenvalue weighted by molar-refractivity contribution is -0.136. The number of imide groups is 1. The number of hydrogen-bond acceptors (Lipinski definition) is 13. The zero-order valence-corrected chi connectivity index (χ0v) is 36.6. The summed E-state index contributed by atoms with van der Waals surface area (Å²) >= 11 is 0. The van der Waals surface area contributed by atoms with Gasteiger partial charge in [0.05, 0.1) is 41.5 Å². The van der Waals surface area contributed by atoms with Crippen LogP contribution in [0.3, 0.4) is 0 Å². The Kier molecular flexibility index (Phi) is 10.7. The van der Waals surface area contributed by atoms with Crippen LogP contribution in [0.5, 0.6) is 5.75 Å². The van der Waals surface area contributed by atoms with Crippen molar-refractivity contribution in [3.8, 4) is 16.9 Å². The summed E-state index contributed by atoms with van der Waals surface area (Å²) in [5.74, 6) is 1.64. The van der Waals surface area contributed by atoms with Crippen LogP contribution in [-0.4, -0.2) is 94.2 Å². The van der Waals surface area contributed by atoms with Gasteiger partial charge in [0.2, 0.25) is 17.6 Å². The molecule has 19 nitrogen and oxygen atoms in total. The number of anilines is 3. The van der Waals surface area contributed by atoms with E-state index in [1.807, 2.05) is 60.5 Å². The van der Waals surface area contributed by atoms with Crippen molar-refractivity contribution in [1.82, 2.24) is 55.0 Å². The van der Waals surface area contributed by atoms with Gasteiger partial charge in [0.1, 0.15) is 34.8 Å². The monoisotopic (exact) mass is 879 g/mol. The molecule has 1 aliphatic carbocycles. The van der Waals surface area contributed by atoms with Gasteiger partial charge in [-0.2, -0.15) is 5.10 Å². The highest BCUT2D eigenvalue weighted by atomic mass is 16.5. The van der Waals surface area contributed by atoms with Crippen LogP contribution in [0.15, 0.2) is 53.4 Å². The number of aromatic amines is 1. The Labute approximate surface area is 372 Å². The van der Waals surface area contributed by atoms with Gasteiger partial charge >= 0.3 is 0 Å². The van der Waals surface area contributed by atoms with Crippen LogP contribution < -0.4 is 26.0 Å². The zero-order valence-electron chi connectivity index (χ0n) is 36.6. The van der Waals surface area contributed by atoms with E-state index in [2.05, 4.69) is 42.5 Å². The molecule has 2 aromatic carbocycles. The van der Waals surface area contributed by atoms with Crippen molar-refractivity contribution in [2.45, 2.75) is 90.9 Å². The maximum absolute atomic E-state index is 13.8. The second-order valence-electron chi connectivity index (χ2n) is 16.8. The largest absolute Gasteiger partial charge is 0.496 e. The second kappa shape index (κ2) is 16.9. The molecule has 19 heteroatoms. The molecule has 2 aliphatic heterocycles. The number of rotatable bonds is 16. The third-order valence-electron chi connectivity index (χ3n) is 12.5. The van der Waals surface area contributed by atoms with Crippen molar-refractivity contribution < 1.29 is 28.4 Å². The quantitative estimate of drug-likeness (QED) is 0.0583. The summed E-state index contributed by atoms with van der Waals surface area (Å²) in [6, 6.07) is 10.9. The highest BCUT2D eigenvalue weighted by molar-refractivity contribution is 6.14. The fourth-order valence-electron chi connectivity index (χ4n) is 9.01. The first kappa shape index (κ1) is 41.4. The molecule has 3 aliphatic rings. The summed E-state index contributed by atoms with van der Waals surface area (Å²) in [7, 11) is 1.63. The fraction of sp³-hybridized carbons (Fsp3) is 0.370. The van der Waals surface area contributed by atoms with Gasteiger partial charge < -0.3 is 39.7 Å². The summed E-state index contributed by atoms with van der Waals surface area (Å²) in [4.78, 5) is 70.4. The number of fused-ring (bicyclic) bond motifs is 4. The SMILES string of the molecule is CCn1nc(C2CC2)cc1Nc1nc(C(=O)NCCn2cnc(CCCNc3cccc4c3CN(C3CCC(=O)NC3=O)C4=O)c2)nc2[nH]c3cc(-c4c(C)noc4C)c(OC)cc3c12. The molecule has 4 amide bonds. The minimum atomic E-state index is -0.661. The average molecular weight is 880 g/mol. The van der Waals surface area contributed by atoms with Crippen molar-refractivity contribution in [2.75, 3.05) is 30.8 Å². The molecule has 0 spiro atoms. The smallest absolute Gasteiger partial charge is 0.289 e. The van der Waals surface area contributed by atoms with Gasteiger partial charge in [-0.05, 0) is 77.1 Å². The Balaban J connectivity index is 0.808. The number of ether oxygens (including phenoxy) is 1. The van der Waals surface area contributed by atoms with E-state index in [-0.39, 0.29) is 24.1 Å². The maximum Gasteiger partial charge on any atom is 0.289 e. The lowest BCUT2D eigenvalue weighted by Crippen LogP contribution is -2.52. The molecule has 2 fully saturated rings. The van der Waals surface area contributed by atoms with Crippen LogP contribution >= 0.6 is 0 Å². The number of benzene rings is 2. The van der Waals surface area contributed by atoms with E-state index in [4.69, 9.17) is 24.3 Å². The van der Waals surface area contributed by atoms with Gasteiger partial charge in [-0.3, -0.25) is 24.5 Å². The number of nitrogens with one attached hydrogen (secondary N) is 5. The van der Waals surface area contributed by atoms with Crippen LogP contribution in [0.2, 0.25) is 0 Å². The molecule has 1 unspecified atom stereocenters. The molecule has 1 saturated carbocycles. The van der Waals surface area contributed by atoms with E-state index in [9.17, 15) is 19.2 Å². The summed E-state index contributed by atoms with van der Waals surface area (Å²) < 4.78 is 15.2. The van der Waals surface area contributed by atoms with E-state index in [0.717, 1.165) is 75.4 Å². The minimum Gasteiger partial charge on any atom is -0.496 e. The number of nitrogens with zero attached hydrogens (tertiary/aromatic N) is 8. The highest BCUT2D eigenvalue weighted by Gasteiger charge is 2.40. The number of aryl methyl sites for hydroxylation is 4. The lowest BCUT2D eigenvalue weighted by atomic mass is 10.0. The van der Waals surface area contributed by atoms with E-state index in [1.165, 1.54) is 0 Å². The standard InChI is InChI=1S/C46H49N13O6/c1-5-59-37(20-33(55-59)26-11-12-26)51-42-40-29-19-36(64-4)30(39-24(2)56-65-25(39)3)18-34(29)50-41(40)53-43(54-42)45(62)48-16-17-57-21-27(49-23-57)8-7-15-47-32-10-6-9-28-31(32)22-58(46(28)63)35-13-14-38(60)52-44(35)61/h6,9-10,18-21,23,26,35,47H,5,7-8,11-17,22H2,1-4H3,(H,48,62)(H,52,60,61)(H2,50,51,53,54). The number of methoxy groups -OCH3 is 1. The number of aromatic nitrogens is 8. The first-order valence-corrected chi connectivity index (χ1v) is 22.1. The van der Waals surface area contributed by atoms with Crippen molar-refractivity contribution in [3.63, 3.8) is 0 Å². The summed E-state index contributed by atoms with van der Waals surface area (Å²) in [5, 5.41) is 22.8. The van der Waals surface area contributed by atoms with Gasteiger partial charge in [-0.1, -0.05) is 11.2 Å². The topological polar surface area (TPSA) is 232 Å². The zero-order chi connectivity index (χ0) is 44.9. The fourth-order valence-corrected chi connectivity index (χ4v) is 9.01. The normalized spacial score (nSPS) is 16.1. The predicted octanol–water partition coefficient (Wildman–Crippen LogP) is 5.66. The molecule has 1 saturated heterocycles. The van der Waals surface area contributed by atoms with Gasteiger partial charge in [0, 0.05) is 90.6 Å². The van der Waals surface area contributed by atoms with Crippen molar-refractivity contribution in [2.24, 2.45) is 0 Å². The second-order valence-corrected chi connectivity index (χ2v) is 16.8. The van der Waals surface area contributed by atoms with E-state index in [0.29, 0.717) is 85.4 Å². The number of carbonyl (C=O) groups is 4. The van der Waals surface area contributed by atoms with E-state index >= 15 is 0 Å². The van der Waals surface area contributed by atoms with Crippen LogP contribution in [0, 0.1) is 13.8 Å². The number of H-pyrrole nitrogens is 1. The van der Waals surface area contributed by atoms with Crippen LogP contribution in [-0.2, 0) is 35.6 Å². The minimum absolute atomic E-state index is 0.00498. The molecular weight excluding hydrogens is 831 g/mol. The maximum atomic E-state index is 13.8. The number of amides is 4. The number of piperidine rings is 1. The van der Waals surface area contributed by atoms with Gasteiger partial charge in [0.15, 0.2) is 0 Å². The number of imidazole rings is 1. The molecule has 334 valence electrons. The summed E-state index contributed by atoms with van der Waals surface area (Å²) in [6.45, 7) is 8.19. The third-order valence-corrected chi connectivity index (χ3v) is 12.5. The van der Waals surface area contributed by atoms with Gasteiger partial charge in [-0.25, -0.2) is 19.6 Å². The summed E-state index contributed by atoms with van der Waals surface area (Å²) in [5.41, 5.74) is 7.88. The molecule has 7 aromatic rings. The molecule has 5 aromatic heterocycles. The van der Waals surface area contributed by atoms with E-state index < -0.39 is 17.9 Å². The Bertz CT molecular complexity index is 3010. The molecular formula is C46H49N13O6. The molecule has 0 bridgehead atoms. The number of carbonyl (C=O) groups excluding carboxylic acids is 4. The molecule has 7 heterocycles. The van der Waals surface area contributed by atoms with Crippen molar-refractivity contribution >= 4 is 62.9 Å². The molecule has 65 heavy (non-hydrogen) atoms. The average Bonchev–Trinajstić information content (AvgIpc) is 3.55. The lowest BCUT2D eigenvalue weighted by Gasteiger charge is -2.29. The predicted molar refractivity (Wildman–Crippen MR) is 240 cm³/mol. The molecule has 0 radical (unpaired) electrons. The third kappa shape index (κ3) is 7.90. The first-order chi connectivity index (χ1) is 31.6. The Morgan fingerprint density at radius 2 is 1.91 bits per heavy atom. The van der Waals surface area contributed by atoms with Crippen LogP contribution in [0.1, 0.15) is 94.3 Å². The molecule has 1 atom stereocenters. The van der Waals surface area contributed by atoms with Gasteiger partial charge in [0.25, 0.3) is 11.8 Å². The number of hydrogen-bond donors (Lipinski definition) is 5. The Hall–Kier alpha value is -7.57. The van der Waals surface area contributed by atoms with Crippen molar-refractivity contribution in [1.29, 1.82) is 0 Å². The van der Waals surface area contributed by atoms with Gasteiger partial charge in [-0.15, -0.1) is 0 Å². The highest BCUT2D eigenvalue weighted by Crippen LogP contribution is 2.43. The Morgan fingerprint density at radius 3 is 2.68 bits per heavy atom. The van der Waals surface area contributed by atoms with Crippen molar-refractivity contribution in [3.05, 3.63) is 88.7 Å². The first-order valence-electron chi connectivity index (χ1n) is 22.1. The molecule has 5 N–H and O–H groups in total. The van der Waals surface area contributed by atoms with Crippen LogP contribution in [0.4, 0.5) is 17.3 Å².